The van der Waals surface area contributed by atoms with Crippen LogP contribution in [0.5, 0.6) is 0 Å². The minimum atomic E-state index is -0.258. The molecule has 1 saturated carbocycles. The van der Waals surface area contributed by atoms with Crippen LogP contribution in [0.25, 0.3) is 5.65 Å². The number of aliphatic hydroxyl groups excluding tert-OH is 1. The Balaban J connectivity index is 1.59. The highest BCUT2D eigenvalue weighted by atomic mass is 16.3. The molecular formula is C20H21N3O2. The van der Waals surface area contributed by atoms with Crippen LogP contribution in [0.1, 0.15) is 40.5 Å². The lowest BCUT2D eigenvalue weighted by Crippen LogP contribution is -2.41. The normalized spacial score (nSPS) is 20.9. The fourth-order valence-electron chi connectivity index (χ4n) is 3.46. The Morgan fingerprint density at radius 1 is 1.20 bits per heavy atom. The predicted octanol–water partition coefficient (Wildman–Crippen LogP) is 2.88. The molecule has 0 radical (unpaired) electrons. The van der Waals surface area contributed by atoms with Gasteiger partial charge >= 0.3 is 0 Å². The van der Waals surface area contributed by atoms with Crippen molar-refractivity contribution in [1.82, 2.24) is 14.7 Å². The maximum atomic E-state index is 12.8. The van der Waals surface area contributed by atoms with Gasteiger partial charge in [-0.25, -0.2) is 4.98 Å². The molecular weight excluding hydrogens is 314 g/mol. The zero-order chi connectivity index (χ0) is 17.4. The number of pyridine rings is 1. The quantitative estimate of drug-likeness (QED) is 0.770. The number of imidazole rings is 1. The van der Waals surface area contributed by atoms with Crippen molar-refractivity contribution in [3.63, 3.8) is 0 Å². The van der Waals surface area contributed by atoms with Gasteiger partial charge in [-0.05, 0) is 42.9 Å². The van der Waals surface area contributed by atoms with Crippen LogP contribution in [-0.4, -0.2) is 26.5 Å². The van der Waals surface area contributed by atoms with Crippen molar-refractivity contribution >= 4 is 11.6 Å². The third kappa shape index (κ3) is 3.15. The van der Waals surface area contributed by atoms with Crippen LogP contribution in [0.3, 0.4) is 0 Å². The van der Waals surface area contributed by atoms with Crippen molar-refractivity contribution in [3.8, 4) is 0 Å². The van der Waals surface area contributed by atoms with Crippen molar-refractivity contribution in [2.75, 3.05) is 0 Å². The van der Waals surface area contributed by atoms with E-state index in [0.717, 1.165) is 16.8 Å². The molecule has 3 aromatic rings. The third-order valence-electron chi connectivity index (χ3n) is 4.90. The molecule has 1 atom stereocenters. The smallest absolute Gasteiger partial charge is 0.271 e. The number of fused-ring (bicyclic) bond motifs is 1. The van der Waals surface area contributed by atoms with Crippen LogP contribution in [-0.2, 0) is 0 Å². The number of hydrogen-bond donors (Lipinski definition) is 2. The highest BCUT2D eigenvalue weighted by Gasteiger charge is 2.35. The zero-order valence-electron chi connectivity index (χ0n) is 14.1. The molecule has 1 fully saturated rings. The average molecular weight is 335 g/mol. The molecule has 128 valence electrons. The second kappa shape index (κ2) is 6.33. The number of hydrogen-bond acceptors (Lipinski definition) is 3. The summed E-state index contributed by atoms with van der Waals surface area (Å²) in [4.78, 5) is 17.2. The number of amides is 1. The maximum Gasteiger partial charge on any atom is 0.271 e. The second-order valence-electron chi connectivity index (χ2n) is 6.85. The van der Waals surface area contributed by atoms with E-state index < -0.39 is 0 Å². The number of benzene rings is 1. The summed E-state index contributed by atoms with van der Waals surface area (Å²) in [6.45, 7) is 2.01. The fourth-order valence-corrected chi connectivity index (χ4v) is 3.46. The third-order valence-corrected chi connectivity index (χ3v) is 4.90. The molecule has 25 heavy (non-hydrogen) atoms. The molecule has 1 aliphatic rings. The summed E-state index contributed by atoms with van der Waals surface area (Å²) in [5, 5.41) is 12.8. The van der Waals surface area contributed by atoms with Crippen LogP contribution in [0.4, 0.5) is 0 Å². The second-order valence-corrected chi connectivity index (χ2v) is 6.85. The number of carbonyl (C=O) groups excluding carboxylic acids is 1. The molecule has 0 spiro atoms. The summed E-state index contributed by atoms with van der Waals surface area (Å²) in [5.41, 5.74) is 3.34. The lowest BCUT2D eigenvalue weighted by Gasteiger charge is -2.38. The first kappa shape index (κ1) is 15.8. The highest BCUT2D eigenvalue weighted by molar-refractivity contribution is 5.93. The molecule has 1 amide bonds. The van der Waals surface area contributed by atoms with Crippen LogP contribution in [0.15, 0.2) is 54.9 Å². The van der Waals surface area contributed by atoms with E-state index in [1.165, 1.54) is 0 Å². The lowest BCUT2D eigenvalue weighted by molar-refractivity contribution is 0.0235. The van der Waals surface area contributed by atoms with Gasteiger partial charge in [0.1, 0.15) is 11.3 Å². The van der Waals surface area contributed by atoms with Crippen molar-refractivity contribution in [1.29, 1.82) is 0 Å². The monoisotopic (exact) mass is 335 g/mol. The Kier molecular flexibility index (Phi) is 4.01. The van der Waals surface area contributed by atoms with Gasteiger partial charge in [0, 0.05) is 12.4 Å². The number of aliphatic hydroxyl groups is 1. The minimum Gasteiger partial charge on any atom is -0.393 e. The Hall–Kier alpha value is -2.66. The average Bonchev–Trinajstić information content (AvgIpc) is 3.01. The van der Waals surface area contributed by atoms with Crippen molar-refractivity contribution in [2.45, 2.75) is 31.9 Å². The summed E-state index contributed by atoms with van der Waals surface area (Å²) in [7, 11) is 0. The maximum absolute atomic E-state index is 12.8. The van der Waals surface area contributed by atoms with Crippen LogP contribution in [0.2, 0.25) is 0 Å². The molecule has 0 bridgehead atoms. The summed E-state index contributed by atoms with van der Waals surface area (Å²) < 4.78 is 1.87. The highest BCUT2D eigenvalue weighted by Crippen LogP contribution is 2.38. The summed E-state index contributed by atoms with van der Waals surface area (Å²) >= 11 is 0. The summed E-state index contributed by atoms with van der Waals surface area (Å²) in [6, 6.07) is 13.7. The Labute approximate surface area is 146 Å². The number of carbonyl (C=O) groups is 1. The molecule has 2 aromatic heterocycles. The van der Waals surface area contributed by atoms with Gasteiger partial charge in [0.2, 0.25) is 0 Å². The molecule has 4 rings (SSSR count). The van der Waals surface area contributed by atoms with Gasteiger partial charge in [0.25, 0.3) is 5.91 Å². The molecule has 2 N–H and O–H groups in total. The zero-order valence-corrected chi connectivity index (χ0v) is 14.1. The Morgan fingerprint density at radius 2 is 1.96 bits per heavy atom. The largest absolute Gasteiger partial charge is 0.393 e. The van der Waals surface area contributed by atoms with E-state index in [2.05, 4.69) is 10.3 Å². The molecule has 5 heteroatoms. The van der Waals surface area contributed by atoms with Gasteiger partial charge in [0.15, 0.2) is 0 Å². The van der Waals surface area contributed by atoms with E-state index in [9.17, 15) is 9.90 Å². The first-order valence-electron chi connectivity index (χ1n) is 8.59. The molecule has 1 aromatic carbocycles. The van der Waals surface area contributed by atoms with E-state index in [1.54, 1.807) is 6.20 Å². The van der Waals surface area contributed by atoms with Crippen molar-refractivity contribution < 1.29 is 9.90 Å². The lowest BCUT2D eigenvalue weighted by atomic mass is 9.75. The van der Waals surface area contributed by atoms with Crippen LogP contribution >= 0.6 is 0 Å². The molecule has 1 aliphatic carbocycles. The number of nitrogens with one attached hydrogen (secondary N) is 1. The van der Waals surface area contributed by atoms with Crippen molar-refractivity contribution in [3.05, 3.63) is 71.7 Å². The minimum absolute atomic E-state index is 0.108. The van der Waals surface area contributed by atoms with E-state index in [-0.39, 0.29) is 24.0 Å². The van der Waals surface area contributed by atoms with Gasteiger partial charge in [-0.1, -0.05) is 36.4 Å². The van der Waals surface area contributed by atoms with Gasteiger partial charge < -0.3 is 14.8 Å². The molecule has 0 saturated heterocycles. The van der Waals surface area contributed by atoms with Gasteiger partial charge in [-0.15, -0.1) is 0 Å². The van der Waals surface area contributed by atoms with E-state index >= 15 is 0 Å². The Morgan fingerprint density at radius 3 is 2.68 bits per heavy atom. The number of rotatable bonds is 4. The summed E-state index contributed by atoms with van der Waals surface area (Å²) in [6.07, 6.45) is 4.88. The fraction of sp³-hybridized carbons (Fsp3) is 0.300. The SMILES string of the molecule is Cc1ccc2nc(C(=O)NC(c3ccccc3)C3CC(O)C3)cn2c1. The standard InChI is InChI=1S/C20H21N3O2/c1-13-7-8-18-21-17(12-23(18)11-13)20(25)22-19(15-9-16(24)10-15)14-5-3-2-4-6-14/h2-8,11-12,15-16,19,24H,9-10H2,1H3,(H,22,25). The topological polar surface area (TPSA) is 66.6 Å². The molecule has 5 nitrogen and oxygen atoms in total. The van der Waals surface area contributed by atoms with Gasteiger partial charge in [-0.3, -0.25) is 4.79 Å². The first-order valence-corrected chi connectivity index (χ1v) is 8.59. The van der Waals surface area contributed by atoms with Gasteiger partial charge in [0.05, 0.1) is 12.1 Å². The number of nitrogens with zero attached hydrogens (tertiary/aromatic N) is 2. The molecule has 2 heterocycles. The number of aryl methyl sites for hydroxylation is 1. The van der Waals surface area contributed by atoms with E-state index in [1.807, 2.05) is 60.0 Å². The molecule has 0 aliphatic heterocycles. The summed E-state index contributed by atoms with van der Waals surface area (Å²) in [5.74, 6) is 0.0669. The van der Waals surface area contributed by atoms with E-state index in [4.69, 9.17) is 0 Å². The first-order chi connectivity index (χ1) is 12.1. The van der Waals surface area contributed by atoms with Gasteiger partial charge in [-0.2, -0.15) is 0 Å². The van der Waals surface area contributed by atoms with Crippen LogP contribution in [0, 0.1) is 12.8 Å². The van der Waals surface area contributed by atoms with Crippen LogP contribution < -0.4 is 5.32 Å². The molecule has 1 unspecified atom stereocenters. The van der Waals surface area contributed by atoms with E-state index in [0.29, 0.717) is 18.5 Å². The number of aromatic nitrogens is 2. The predicted molar refractivity (Wildman–Crippen MR) is 95.3 cm³/mol. The Bertz CT molecular complexity index is 898. The van der Waals surface area contributed by atoms with Crippen molar-refractivity contribution in [2.24, 2.45) is 5.92 Å².